The van der Waals surface area contributed by atoms with E-state index in [0.717, 1.165) is 32.0 Å². The van der Waals surface area contributed by atoms with Crippen LogP contribution in [0.25, 0.3) is 0 Å². The molecule has 0 bridgehead atoms. The van der Waals surface area contributed by atoms with Crippen LogP contribution in [-0.4, -0.2) is 5.78 Å². The lowest BCUT2D eigenvalue weighted by Crippen LogP contribution is -2.10. The van der Waals surface area contributed by atoms with E-state index in [0.29, 0.717) is 0 Å². The van der Waals surface area contributed by atoms with E-state index in [1.807, 2.05) is 20.8 Å². The van der Waals surface area contributed by atoms with Gasteiger partial charge in [0.15, 0.2) is 5.78 Å². The van der Waals surface area contributed by atoms with Crippen LogP contribution >= 0.6 is 34.3 Å². The van der Waals surface area contributed by atoms with Gasteiger partial charge in [0.2, 0.25) is 0 Å². The van der Waals surface area contributed by atoms with Gasteiger partial charge in [0.1, 0.15) is 5.38 Å². The maximum atomic E-state index is 12.8. The largest absolute Gasteiger partial charge is 0.292 e. The highest BCUT2D eigenvalue weighted by Gasteiger charge is 2.28. The fourth-order valence-corrected chi connectivity index (χ4v) is 5.27. The molecule has 0 saturated heterocycles. The molecule has 1 unspecified atom stereocenters. The molecule has 0 aromatic carbocycles. The Hall–Kier alpha value is -0.640. The summed E-state index contributed by atoms with van der Waals surface area (Å²) in [6.07, 6.45) is 0. The molecule has 0 N–H and O–H groups in total. The SMILES string of the molecule is Cc1sc(C)c(C(=O)C(Cl)c2c(C)sc(C)c2C)c1C. The zero-order valence-corrected chi connectivity index (χ0v) is 15.1. The standard InChI is InChI=1S/C16H19ClOS2/c1-7-9(3)19-11(5)13(7)15(17)16(18)14-8(2)10(4)20-12(14)6/h15H,1-6H3. The van der Waals surface area contributed by atoms with Gasteiger partial charge in [-0.05, 0) is 58.2 Å². The van der Waals surface area contributed by atoms with E-state index in [9.17, 15) is 4.79 Å². The first-order valence-corrected chi connectivity index (χ1v) is 8.64. The molecule has 108 valence electrons. The Morgan fingerprint density at radius 1 is 0.850 bits per heavy atom. The van der Waals surface area contributed by atoms with Crippen molar-refractivity contribution >= 4 is 40.1 Å². The second-order valence-corrected chi connectivity index (χ2v) is 8.49. The average molecular weight is 327 g/mol. The Kier molecular flexibility index (Phi) is 4.43. The van der Waals surface area contributed by atoms with Crippen LogP contribution in [0.4, 0.5) is 0 Å². The van der Waals surface area contributed by atoms with E-state index in [1.54, 1.807) is 22.7 Å². The van der Waals surface area contributed by atoms with Crippen LogP contribution in [0, 0.1) is 41.5 Å². The van der Waals surface area contributed by atoms with Gasteiger partial charge in [0, 0.05) is 25.1 Å². The van der Waals surface area contributed by atoms with Crippen LogP contribution in [0.3, 0.4) is 0 Å². The molecule has 2 aromatic heterocycles. The highest BCUT2D eigenvalue weighted by molar-refractivity contribution is 7.12. The zero-order valence-electron chi connectivity index (χ0n) is 12.7. The van der Waals surface area contributed by atoms with Crippen LogP contribution in [-0.2, 0) is 0 Å². The topological polar surface area (TPSA) is 17.1 Å². The molecule has 0 saturated carbocycles. The highest BCUT2D eigenvalue weighted by atomic mass is 35.5. The van der Waals surface area contributed by atoms with Crippen molar-refractivity contribution in [2.75, 3.05) is 0 Å². The summed E-state index contributed by atoms with van der Waals surface area (Å²) < 4.78 is 0. The third-order valence-electron chi connectivity index (χ3n) is 3.91. The summed E-state index contributed by atoms with van der Waals surface area (Å²) in [5.41, 5.74) is 4.05. The number of alkyl halides is 1. The number of thiophene rings is 2. The highest BCUT2D eigenvalue weighted by Crippen LogP contribution is 2.39. The van der Waals surface area contributed by atoms with Crippen LogP contribution in [0.1, 0.15) is 51.9 Å². The van der Waals surface area contributed by atoms with Crippen LogP contribution in [0.5, 0.6) is 0 Å². The Morgan fingerprint density at radius 2 is 1.35 bits per heavy atom. The zero-order chi connectivity index (χ0) is 15.2. The van der Waals surface area contributed by atoms with Gasteiger partial charge >= 0.3 is 0 Å². The van der Waals surface area contributed by atoms with E-state index >= 15 is 0 Å². The molecule has 2 rings (SSSR count). The number of carbonyl (C=O) groups is 1. The first kappa shape index (κ1) is 15.7. The van der Waals surface area contributed by atoms with Crippen molar-refractivity contribution in [1.82, 2.24) is 0 Å². The molecule has 0 aliphatic carbocycles. The first-order chi connectivity index (χ1) is 9.25. The second-order valence-electron chi connectivity index (χ2n) is 5.19. The summed E-state index contributed by atoms with van der Waals surface area (Å²) in [6, 6.07) is 0. The molecular weight excluding hydrogens is 308 g/mol. The summed E-state index contributed by atoms with van der Waals surface area (Å²) in [6.45, 7) is 12.2. The normalized spacial score (nSPS) is 12.8. The van der Waals surface area contributed by atoms with Crippen molar-refractivity contribution in [2.24, 2.45) is 0 Å². The second kappa shape index (κ2) is 5.63. The third-order valence-corrected chi connectivity index (χ3v) is 6.59. The van der Waals surface area contributed by atoms with E-state index < -0.39 is 5.38 Å². The first-order valence-electron chi connectivity index (χ1n) is 6.57. The van der Waals surface area contributed by atoms with E-state index in [2.05, 4.69) is 20.8 Å². The third kappa shape index (κ3) is 2.47. The van der Waals surface area contributed by atoms with Gasteiger partial charge < -0.3 is 0 Å². The smallest absolute Gasteiger partial charge is 0.186 e. The minimum absolute atomic E-state index is 0.0371. The Morgan fingerprint density at radius 3 is 1.75 bits per heavy atom. The number of halogens is 1. The fraction of sp³-hybridized carbons (Fsp3) is 0.438. The lowest BCUT2D eigenvalue weighted by Gasteiger charge is -2.11. The molecule has 1 atom stereocenters. The average Bonchev–Trinajstić information content (AvgIpc) is 2.76. The Bertz CT molecular complexity index is 679. The summed E-state index contributed by atoms with van der Waals surface area (Å²) >= 11 is 9.92. The molecule has 0 aliphatic heterocycles. The predicted molar refractivity (Wildman–Crippen MR) is 90.0 cm³/mol. The van der Waals surface area contributed by atoms with Crippen molar-refractivity contribution in [3.63, 3.8) is 0 Å². The van der Waals surface area contributed by atoms with Crippen LogP contribution in [0.2, 0.25) is 0 Å². The van der Waals surface area contributed by atoms with Crippen molar-refractivity contribution < 1.29 is 4.79 Å². The molecule has 2 aromatic rings. The maximum Gasteiger partial charge on any atom is 0.186 e. The Labute approximate surface area is 133 Å². The molecule has 2 heterocycles. The number of aryl methyl sites for hydroxylation is 4. The fourth-order valence-electron chi connectivity index (χ4n) is 2.60. The number of ketones is 1. The maximum absolute atomic E-state index is 12.8. The van der Waals surface area contributed by atoms with E-state index in [1.165, 1.54) is 9.75 Å². The lowest BCUT2D eigenvalue weighted by atomic mass is 9.97. The molecule has 0 fully saturated rings. The van der Waals surface area contributed by atoms with Crippen molar-refractivity contribution in [3.05, 3.63) is 41.8 Å². The quantitative estimate of drug-likeness (QED) is 0.513. The van der Waals surface area contributed by atoms with E-state index in [-0.39, 0.29) is 5.78 Å². The van der Waals surface area contributed by atoms with Gasteiger partial charge in [0.05, 0.1) is 0 Å². The van der Waals surface area contributed by atoms with Crippen molar-refractivity contribution in [2.45, 2.75) is 46.9 Å². The summed E-state index contributed by atoms with van der Waals surface area (Å²) in [5, 5.41) is -0.577. The van der Waals surface area contributed by atoms with Gasteiger partial charge in [0.25, 0.3) is 0 Å². The minimum atomic E-state index is -0.577. The number of carbonyl (C=O) groups excluding carboxylic acids is 1. The summed E-state index contributed by atoms with van der Waals surface area (Å²) in [7, 11) is 0. The van der Waals surface area contributed by atoms with Crippen LogP contribution in [0.15, 0.2) is 0 Å². The molecule has 0 amide bonds. The molecule has 1 nitrogen and oxygen atoms in total. The minimum Gasteiger partial charge on any atom is -0.292 e. The molecule has 0 aliphatic rings. The molecule has 4 heteroatoms. The summed E-state index contributed by atoms with van der Waals surface area (Å²) in [5.74, 6) is 0.0371. The molecule has 20 heavy (non-hydrogen) atoms. The monoisotopic (exact) mass is 326 g/mol. The summed E-state index contributed by atoms with van der Waals surface area (Å²) in [4.78, 5) is 17.4. The van der Waals surface area contributed by atoms with Crippen molar-refractivity contribution in [3.8, 4) is 0 Å². The molecule has 0 radical (unpaired) electrons. The number of hydrogen-bond donors (Lipinski definition) is 0. The van der Waals surface area contributed by atoms with Gasteiger partial charge in [-0.1, -0.05) is 0 Å². The van der Waals surface area contributed by atoms with Gasteiger partial charge in [-0.15, -0.1) is 34.3 Å². The van der Waals surface area contributed by atoms with Crippen molar-refractivity contribution in [1.29, 1.82) is 0 Å². The number of rotatable bonds is 3. The molecular formula is C16H19ClOS2. The van der Waals surface area contributed by atoms with Gasteiger partial charge in [-0.25, -0.2) is 0 Å². The lowest BCUT2D eigenvalue weighted by molar-refractivity contribution is 0.0986. The number of hydrogen-bond acceptors (Lipinski definition) is 3. The van der Waals surface area contributed by atoms with Gasteiger partial charge in [-0.2, -0.15) is 0 Å². The predicted octanol–water partition coefficient (Wildman–Crippen LogP) is 5.82. The van der Waals surface area contributed by atoms with E-state index in [4.69, 9.17) is 11.6 Å². The molecule has 0 spiro atoms. The Balaban J connectivity index is 2.48. The van der Waals surface area contributed by atoms with Gasteiger partial charge in [-0.3, -0.25) is 4.79 Å². The number of Topliss-reactive ketones (excluding diaryl/α,β-unsaturated/α-hetero) is 1. The van der Waals surface area contributed by atoms with Crippen LogP contribution < -0.4 is 0 Å².